The molecule has 1 aliphatic rings. The summed E-state index contributed by atoms with van der Waals surface area (Å²) < 4.78 is 5.57. The first-order chi connectivity index (χ1) is 9.27. The van der Waals surface area contributed by atoms with Gasteiger partial charge in [0.15, 0.2) is 0 Å². The van der Waals surface area contributed by atoms with Crippen LogP contribution in [0.25, 0.3) is 0 Å². The van der Waals surface area contributed by atoms with Gasteiger partial charge in [0.2, 0.25) is 5.88 Å². The Morgan fingerprint density at radius 2 is 2.32 bits per heavy atom. The molecule has 4 nitrogen and oxygen atoms in total. The Morgan fingerprint density at radius 3 is 3.05 bits per heavy atom. The van der Waals surface area contributed by atoms with E-state index in [1.165, 1.54) is 25.7 Å². The molecular formula is C14H22BrN3O. The van der Waals surface area contributed by atoms with Gasteiger partial charge in [-0.3, -0.25) is 0 Å². The number of halogens is 1. The first-order valence-electron chi connectivity index (χ1n) is 7.05. The summed E-state index contributed by atoms with van der Waals surface area (Å²) in [7, 11) is 0. The quantitative estimate of drug-likeness (QED) is 0.751. The molecular weight excluding hydrogens is 306 g/mol. The van der Waals surface area contributed by atoms with Gasteiger partial charge in [-0.05, 0) is 39.5 Å². The van der Waals surface area contributed by atoms with Gasteiger partial charge in [0.05, 0.1) is 12.2 Å². The molecule has 1 aromatic heterocycles. The van der Waals surface area contributed by atoms with E-state index in [-0.39, 0.29) is 0 Å². The molecule has 1 saturated heterocycles. The van der Waals surface area contributed by atoms with Gasteiger partial charge in [0.1, 0.15) is 12.1 Å². The summed E-state index contributed by atoms with van der Waals surface area (Å²) >= 11 is 3.52. The van der Waals surface area contributed by atoms with Crippen LogP contribution in [0.15, 0.2) is 6.33 Å². The molecule has 0 bridgehead atoms. The van der Waals surface area contributed by atoms with E-state index in [2.05, 4.69) is 37.7 Å². The topological polar surface area (TPSA) is 38.3 Å². The molecule has 2 rings (SSSR count). The highest BCUT2D eigenvalue weighted by molar-refractivity contribution is 9.09. The van der Waals surface area contributed by atoms with Gasteiger partial charge in [-0.1, -0.05) is 15.9 Å². The molecule has 0 radical (unpaired) electrons. The second kappa shape index (κ2) is 7.08. The van der Waals surface area contributed by atoms with Crippen LogP contribution in [-0.4, -0.2) is 34.5 Å². The van der Waals surface area contributed by atoms with Crippen LogP contribution < -0.4 is 9.64 Å². The van der Waals surface area contributed by atoms with Crippen molar-refractivity contribution in [2.24, 2.45) is 0 Å². The summed E-state index contributed by atoms with van der Waals surface area (Å²) in [6, 6.07) is 0.612. The Kier molecular flexibility index (Phi) is 5.43. The van der Waals surface area contributed by atoms with Crippen molar-refractivity contribution in [3.8, 4) is 5.88 Å². The molecule has 0 amide bonds. The van der Waals surface area contributed by atoms with Crippen molar-refractivity contribution in [2.45, 2.75) is 45.6 Å². The number of nitrogens with zero attached hydrogens (tertiary/aromatic N) is 3. The van der Waals surface area contributed by atoms with E-state index in [0.29, 0.717) is 12.6 Å². The molecule has 0 spiro atoms. The zero-order valence-corrected chi connectivity index (χ0v) is 13.3. The van der Waals surface area contributed by atoms with Crippen LogP contribution >= 0.6 is 15.9 Å². The van der Waals surface area contributed by atoms with Gasteiger partial charge in [-0.15, -0.1) is 0 Å². The van der Waals surface area contributed by atoms with Crippen LogP contribution in [0.4, 0.5) is 5.82 Å². The van der Waals surface area contributed by atoms with Crippen molar-refractivity contribution >= 4 is 21.7 Å². The molecule has 106 valence electrons. The van der Waals surface area contributed by atoms with E-state index in [1.54, 1.807) is 6.33 Å². The Morgan fingerprint density at radius 1 is 1.47 bits per heavy atom. The van der Waals surface area contributed by atoms with E-state index in [0.717, 1.165) is 29.1 Å². The molecule has 1 unspecified atom stereocenters. The first-order valence-corrected chi connectivity index (χ1v) is 8.17. The molecule has 5 heteroatoms. The van der Waals surface area contributed by atoms with Crippen molar-refractivity contribution in [1.29, 1.82) is 0 Å². The lowest BCUT2D eigenvalue weighted by Gasteiger charge is -2.27. The number of ether oxygens (including phenoxy) is 1. The van der Waals surface area contributed by atoms with Gasteiger partial charge in [-0.2, -0.15) is 0 Å². The molecule has 0 aliphatic carbocycles. The minimum atomic E-state index is 0.612. The lowest BCUT2D eigenvalue weighted by Crippen LogP contribution is -2.30. The Hall–Kier alpha value is -0.840. The molecule has 19 heavy (non-hydrogen) atoms. The number of hydrogen-bond acceptors (Lipinski definition) is 4. The average molecular weight is 328 g/mol. The third-order valence-corrected chi connectivity index (χ3v) is 4.17. The van der Waals surface area contributed by atoms with Crippen molar-refractivity contribution in [2.75, 3.05) is 23.4 Å². The smallest absolute Gasteiger partial charge is 0.221 e. The zero-order chi connectivity index (χ0) is 13.7. The Balaban J connectivity index is 2.18. The largest absolute Gasteiger partial charge is 0.478 e. The number of rotatable bonds is 6. The van der Waals surface area contributed by atoms with Crippen LogP contribution in [0.5, 0.6) is 5.88 Å². The van der Waals surface area contributed by atoms with Crippen LogP contribution in [-0.2, 0) is 0 Å². The van der Waals surface area contributed by atoms with Crippen molar-refractivity contribution in [3.05, 3.63) is 11.9 Å². The van der Waals surface area contributed by atoms with Gasteiger partial charge in [0.25, 0.3) is 0 Å². The van der Waals surface area contributed by atoms with E-state index < -0.39 is 0 Å². The molecule has 1 fully saturated rings. The fraction of sp³-hybridized carbons (Fsp3) is 0.714. The zero-order valence-electron chi connectivity index (χ0n) is 11.7. The van der Waals surface area contributed by atoms with Crippen molar-refractivity contribution in [1.82, 2.24) is 9.97 Å². The number of hydrogen-bond donors (Lipinski definition) is 0. The predicted octanol–water partition coefficient (Wildman–Crippen LogP) is 3.33. The van der Waals surface area contributed by atoms with E-state index in [1.807, 2.05) is 6.92 Å². The van der Waals surface area contributed by atoms with E-state index >= 15 is 0 Å². The first kappa shape index (κ1) is 14.6. The van der Waals surface area contributed by atoms with Gasteiger partial charge in [-0.25, -0.2) is 9.97 Å². The molecule has 1 aliphatic heterocycles. The second-order valence-electron chi connectivity index (χ2n) is 4.88. The summed E-state index contributed by atoms with van der Waals surface area (Å²) in [6.07, 6.45) is 6.57. The third kappa shape index (κ3) is 3.38. The van der Waals surface area contributed by atoms with Gasteiger partial charge < -0.3 is 9.64 Å². The van der Waals surface area contributed by atoms with Crippen molar-refractivity contribution < 1.29 is 4.74 Å². The van der Waals surface area contributed by atoms with Gasteiger partial charge in [0, 0.05) is 17.9 Å². The molecule has 1 aromatic rings. The molecule has 2 heterocycles. The lowest BCUT2D eigenvalue weighted by atomic mass is 10.1. The van der Waals surface area contributed by atoms with Crippen molar-refractivity contribution in [3.63, 3.8) is 0 Å². The van der Waals surface area contributed by atoms with E-state index in [4.69, 9.17) is 4.74 Å². The number of anilines is 1. The summed E-state index contributed by atoms with van der Waals surface area (Å²) in [5.41, 5.74) is 1.06. The van der Waals surface area contributed by atoms with Crippen LogP contribution in [0.3, 0.4) is 0 Å². The summed E-state index contributed by atoms with van der Waals surface area (Å²) in [4.78, 5) is 11.1. The third-order valence-electron chi connectivity index (χ3n) is 3.61. The molecule has 0 aromatic carbocycles. The fourth-order valence-electron chi connectivity index (χ4n) is 2.72. The van der Waals surface area contributed by atoms with Crippen LogP contribution in [0.1, 0.15) is 38.2 Å². The minimum Gasteiger partial charge on any atom is -0.478 e. The number of alkyl halides is 1. The molecule has 1 atom stereocenters. The summed E-state index contributed by atoms with van der Waals surface area (Å²) in [5, 5.41) is 1.07. The Bertz CT molecular complexity index is 414. The lowest BCUT2D eigenvalue weighted by molar-refractivity contribution is 0.323. The monoisotopic (exact) mass is 327 g/mol. The summed E-state index contributed by atoms with van der Waals surface area (Å²) in [5.74, 6) is 1.77. The highest BCUT2D eigenvalue weighted by atomic mass is 79.9. The minimum absolute atomic E-state index is 0.612. The maximum absolute atomic E-state index is 5.57. The highest BCUT2D eigenvalue weighted by Crippen LogP contribution is 2.31. The van der Waals surface area contributed by atoms with Gasteiger partial charge >= 0.3 is 0 Å². The average Bonchev–Trinajstić information content (AvgIpc) is 2.87. The van der Waals surface area contributed by atoms with Crippen LogP contribution in [0, 0.1) is 6.92 Å². The van der Waals surface area contributed by atoms with E-state index in [9.17, 15) is 0 Å². The second-order valence-corrected chi connectivity index (χ2v) is 5.67. The summed E-state index contributed by atoms with van der Waals surface area (Å²) in [6.45, 7) is 5.77. The Labute approximate surface area is 123 Å². The standard InChI is InChI=1S/C14H22BrN3O/c1-3-19-14-11(2)13(16-10-17-14)18-9-5-7-12(18)6-4-8-15/h10,12H,3-9H2,1-2H3. The maximum Gasteiger partial charge on any atom is 0.221 e. The predicted molar refractivity (Wildman–Crippen MR) is 81.3 cm³/mol. The normalized spacial score (nSPS) is 18.9. The van der Waals surface area contributed by atoms with Crippen LogP contribution in [0.2, 0.25) is 0 Å². The number of aromatic nitrogens is 2. The maximum atomic E-state index is 5.57. The highest BCUT2D eigenvalue weighted by Gasteiger charge is 2.27. The molecule has 0 saturated carbocycles. The molecule has 0 N–H and O–H groups in total. The SMILES string of the molecule is CCOc1ncnc(N2CCCC2CCCBr)c1C. The fourth-order valence-corrected chi connectivity index (χ4v) is 3.05.